The van der Waals surface area contributed by atoms with Gasteiger partial charge in [-0.1, -0.05) is 32.0 Å². The molecule has 0 spiro atoms. The molecule has 1 aliphatic rings. The van der Waals surface area contributed by atoms with Crippen LogP contribution in [-0.2, 0) is 19.3 Å². The van der Waals surface area contributed by atoms with Crippen molar-refractivity contribution in [1.82, 2.24) is 5.32 Å². The van der Waals surface area contributed by atoms with Crippen LogP contribution >= 0.6 is 0 Å². The van der Waals surface area contributed by atoms with E-state index in [1.807, 2.05) is 0 Å². The molecule has 0 aromatic heterocycles. The molecule has 0 amide bonds. The van der Waals surface area contributed by atoms with Crippen LogP contribution in [0.15, 0.2) is 18.2 Å². The van der Waals surface area contributed by atoms with Gasteiger partial charge in [-0.05, 0) is 60.8 Å². The summed E-state index contributed by atoms with van der Waals surface area (Å²) < 4.78 is 0. The smallest absolute Gasteiger partial charge is 0.0473 e. The largest absolute Gasteiger partial charge is 0.396 e. The maximum atomic E-state index is 9.28. The minimum atomic E-state index is 0.281. The molecule has 0 aliphatic heterocycles. The molecule has 2 N–H and O–H groups in total. The number of hydrogen-bond donors (Lipinski definition) is 2. The van der Waals surface area contributed by atoms with E-state index in [1.54, 1.807) is 11.1 Å². The molecule has 2 nitrogen and oxygen atoms in total. The van der Waals surface area contributed by atoms with Gasteiger partial charge in [0.05, 0.1) is 0 Å². The Labute approximate surface area is 117 Å². The van der Waals surface area contributed by atoms with Crippen molar-refractivity contribution in [3.63, 3.8) is 0 Å². The van der Waals surface area contributed by atoms with E-state index in [1.165, 1.54) is 24.8 Å². The monoisotopic (exact) mass is 261 g/mol. The number of fused-ring (bicyclic) bond motifs is 1. The van der Waals surface area contributed by atoms with E-state index in [-0.39, 0.29) is 6.61 Å². The Balaban J connectivity index is 1.74. The van der Waals surface area contributed by atoms with Gasteiger partial charge in [-0.15, -0.1) is 0 Å². The van der Waals surface area contributed by atoms with Gasteiger partial charge in [0.15, 0.2) is 0 Å². The van der Waals surface area contributed by atoms with Crippen molar-refractivity contribution >= 4 is 0 Å². The topological polar surface area (TPSA) is 32.3 Å². The quantitative estimate of drug-likeness (QED) is 0.739. The molecule has 1 atom stereocenters. The first-order valence-electron chi connectivity index (χ1n) is 7.63. The lowest BCUT2D eigenvalue weighted by Gasteiger charge is -2.18. The fourth-order valence-corrected chi connectivity index (χ4v) is 2.81. The Kier molecular flexibility index (Phi) is 5.41. The molecule has 2 heteroatoms. The van der Waals surface area contributed by atoms with Gasteiger partial charge in [-0.2, -0.15) is 0 Å². The molecule has 0 heterocycles. The fourth-order valence-electron chi connectivity index (χ4n) is 2.81. The molecule has 1 aromatic rings. The van der Waals surface area contributed by atoms with Gasteiger partial charge in [0.2, 0.25) is 0 Å². The van der Waals surface area contributed by atoms with E-state index in [2.05, 4.69) is 37.4 Å². The Morgan fingerprint density at radius 2 is 2.00 bits per heavy atom. The van der Waals surface area contributed by atoms with Crippen LogP contribution < -0.4 is 5.32 Å². The number of rotatable bonds is 7. The summed E-state index contributed by atoms with van der Waals surface area (Å²) in [6.45, 7) is 6.54. The molecule has 1 aliphatic carbocycles. The zero-order valence-electron chi connectivity index (χ0n) is 12.3. The molecule has 0 fully saturated rings. The summed E-state index contributed by atoms with van der Waals surface area (Å²) in [6, 6.07) is 6.97. The molecule has 1 aromatic carbocycles. The molecule has 1 unspecified atom stereocenters. The second-order valence-electron chi connectivity index (χ2n) is 6.10. The van der Waals surface area contributed by atoms with E-state index < -0.39 is 0 Å². The highest BCUT2D eigenvalue weighted by molar-refractivity contribution is 5.35. The van der Waals surface area contributed by atoms with E-state index in [0.29, 0.717) is 11.8 Å². The van der Waals surface area contributed by atoms with Gasteiger partial charge in [0.25, 0.3) is 0 Å². The lowest BCUT2D eigenvalue weighted by molar-refractivity contribution is 0.186. The van der Waals surface area contributed by atoms with E-state index in [4.69, 9.17) is 0 Å². The lowest BCUT2D eigenvalue weighted by Crippen LogP contribution is -2.30. The first-order chi connectivity index (χ1) is 9.20. The highest BCUT2D eigenvalue weighted by Crippen LogP contribution is 2.22. The van der Waals surface area contributed by atoms with Crippen LogP contribution in [0.1, 0.15) is 37.0 Å². The van der Waals surface area contributed by atoms with Crippen molar-refractivity contribution in [2.24, 2.45) is 11.8 Å². The highest BCUT2D eigenvalue weighted by Gasteiger charge is 2.12. The van der Waals surface area contributed by atoms with Crippen LogP contribution in [0.2, 0.25) is 0 Å². The summed E-state index contributed by atoms with van der Waals surface area (Å²) >= 11 is 0. The third kappa shape index (κ3) is 4.05. The molecule has 0 saturated heterocycles. The molecule has 19 heavy (non-hydrogen) atoms. The number of aryl methyl sites for hydroxylation is 2. The number of hydrogen-bond acceptors (Lipinski definition) is 2. The van der Waals surface area contributed by atoms with Gasteiger partial charge >= 0.3 is 0 Å². The Bertz CT molecular complexity index is 400. The minimum absolute atomic E-state index is 0.281. The molecule has 0 bridgehead atoms. The molecule has 0 saturated carbocycles. The predicted molar refractivity (Wildman–Crippen MR) is 80.5 cm³/mol. The maximum Gasteiger partial charge on any atom is 0.0473 e. The second kappa shape index (κ2) is 7.06. The zero-order valence-corrected chi connectivity index (χ0v) is 12.3. The van der Waals surface area contributed by atoms with E-state index >= 15 is 0 Å². The first-order valence-corrected chi connectivity index (χ1v) is 7.63. The van der Waals surface area contributed by atoms with Crippen LogP contribution in [0.4, 0.5) is 0 Å². The molecule has 2 rings (SSSR count). The van der Waals surface area contributed by atoms with E-state index in [9.17, 15) is 5.11 Å². The van der Waals surface area contributed by atoms with Gasteiger partial charge < -0.3 is 10.4 Å². The summed E-state index contributed by atoms with van der Waals surface area (Å²) in [4.78, 5) is 0. The average Bonchev–Trinajstić information content (AvgIpc) is 2.85. The molecular formula is C17H27NO. The van der Waals surface area contributed by atoms with Gasteiger partial charge in [-0.3, -0.25) is 0 Å². The third-order valence-electron chi connectivity index (χ3n) is 4.34. The minimum Gasteiger partial charge on any atom is -0.396 e. The summed E-state index contributed by atoms with van der Waals surface area (Å²) in [7, 11) is 0. The third-order valence-corrected chi connectivity index (χ3v) is 4.34. The predicted octanol–water partition coefficient (Wildman–Crippen LogP) is 2.57. The van der Waals surface area contributed by atoms with Crippen molar-refractivity contribution in [3.8, 4) is 0 Å². The fraction of sp³-hybridized carbons (Fsp3) is 0.647. The van der Waals surface area contributed by atoms with Crippen LogP contribution in [0.3, 0.4) is 0 Å². The van der Waals surface area contributed by atoms with Gasteiger partial charge in [0.1, 0.15) is 0 Å². The average molecular weight is 261 g/mol. The zero-order chi connectivity index (χ0) is 13.7. The normalized spacial score (nSPS) is 15.8. The van der Waals surface area contributed by atoms with Crippen molar-refractivity contribution < 1.29 is 5.11 Å². The van der Waals surface area contributed by atoms with Crippen molar-refractivity contribution in [1.29, 1.82) is 0 Å². The SMILES string of the molecule is CC(C)C(CO)CNCCc1ccc2c(c1)CCC2. The van der Waals surface area contributed by atoms with E-state index in [0.717, 1.165) is 19.5 Å². The molecule has 0 radical (unpaired) electrons. The summed E-state index contributed by atoms with van der Waals surface area (Å²) in [6.07, 6.45) is 4.93. The number of nitrogens with one attached hydrogen (secondary N) is 1. The van der Waals surface area contributed by atoms with Crippen molar-refractivity contribution in [2.45, 2.75) is 39.5 Å². The first kappa shape index (κ1) is 14.5. The van der Waals surface area contributed by atoms with Crippen molar-refractivity contribution in [3.05, 3.63) is 34.9 Å². The van der Waals surface area contributed by atoms with Gasteiger partial charge in [-0.25, -0.2) is 0 Å². The molecule has 106 valence electrons. The summed E-state index contributed by atoms with van der Waals surface area (Å²) in [5, 5.41) is 12.8. The number of aliphatic hydroxyl groups excluding tert-OH is 1. The Morgan fingerprint density at radius 1 is 1.21 bits per heavy atom. The number of aliphatic hydroxyl groups is 1. The second-order valence-corrected chi connectivity index (χ2v) is 6.10. The van der Waals surface area contributed by atoms with Gasteiger partial charge in [0, 0.05) is 13.2 Å². The van der Waals surface area contributed by atoms with Crippen LogP contribution in [-0.4, -0.2) is 24.8 Å². The highest BCUT2D eigenvalue weighted by atomic mass is 16.3. The Hall–Kier alpha value is -0.860. The Morgan fingerprint density at radius 3 is 2.74 bits per heavy atom. The van der Waals surface area contributed by atoms with Crippen LogP contribution in [0.25, 0.3) is 0 Å². The molecular weight excluding hydrogens is 234 g/mol. The lowest BCUT2D eigenvalue weighted by atomic mass is 9.97. The van der Waals surface area contributed by atoms with Crippen molar-refractivity contribution in [2.75, 3.05) is 19.7 Å². The number of benzene rings is 1. The summed E-state index contributed by atoms with van der Waals surface area (Å²) in [5.74, 6) is 0.914. The maximum absolute atomic E-state index is 9.28. The van der Waals surface area contributed by atoms with Crippen LogP contribution in [0, 0.1) is 11.8 Å². The standard InChI is InChI=1S/C17H27NO/c1-13(2)17(12-19)11-18-9-8-14-6-7-15-4-3-5-16(15)10-14/h6-7,10,13,17-19H,3-5,8-9,11-12H2,1-2H3. The van der Waals surface area contributed by atoms with Crippen LogP contribution in [0.5, 0.6) is 0 Å². The summed E-state index contributed by atoms with van der Waals surface area (Å²) in [5.41, 5.74) is 4.56.